The van der Waals surface area contributed by atoms with Crippen LogP contribution < -0.4 is 0 Å². The van der Waals surface area contributed by atoms with Crippen LogP contribution in [0.4, 0.5) is 4.79 Å². The Labute approximate surface area is 181 Å². The number of ether oxygens (including phenoxy) is 1. The van der Waals surface area contributed by atoms with Gasteiger partial charge in [0.2, 0.25) is 0 Å². The van der Waals surface area contributed by atoms with Crippen LogP contribution in [-0.2, 0) is 4.74 Å². The fourth-order valence-corrected chi connectivity index (χ4v) is 4.06. The summed E-state index contributed by atoms with van der Waals surface area (Å²) in [4.78, 5) is 11.1. The molecule has 0 saturated heterocycles. The molecule has 0 heterocycles. The van der Waals surface area contributed by atoms with Gasteiger partial charge in [-0.25, -0.2) is 4.79 Å². The number of carbonyl (C=O) groups excluding carboxylic acids is 1. The predicted octanol–water partition coefficient (Wildman–Crippen LogP) is 9.96. The van der Waals surface area contributed by atoms with E-state index in [0.717, 1.165) is 25.7 Å². The monoisotopic (exact) mass is 416 g/mol. The Hall–Kier alpha value is -0.240. The average Bonchev–Trinajstić information content (AvgIpc) is 2.67. The van der Waals surface area contributed by atoms with Crippen LogP contribution in [-0.4, -0.2) is 11.5 Å². The van der Waals surface area contributed by atoms with Gasteiger partial charge in [0.15, 0.2) is 0 Å². The molecule has 28 heavy (non-hydrogen) atoms. The van der Waals surface area contributed by atoms with Crippen molar-refractivity contribution in [2.45, 2.75) is 155 Å². The van der Waals surface area contributed by atoms with Gasteiger partial charge in [-0.2, -0.15) is 0 Å². The van der Waals surface area contributed by atoms with Gasteiger partial charge in [0.05, 0.1) is 0 Å². The summed E-state index contributed by atoms with van der Waals surface area (Å²) < 4.78 is 5.33. The molecule has 0 amide bonds. The molecule has 0 radical (unpaired) electrons. The van der Waals surface area contributed by atoms with E-state index in [9.17, 15) is 4.79 Å². The molecule has 0 fully saturated rings. The van der Waals surface area contributed by atoms with E-state index in [0.29, 0.717) is 0 Å². The third kappa shape index (κ3) is 22.1. The SMILES string of the molecule is CCCCCCCCCCCCCC(CCCCCCCCCC)OC(=O)Cl. The lowest BCUT2D eigenvalue weighted by molar-refractivity contribution is 0.106. The number of hydrogen-bond acceptors (Lipinski definition) is 2. The van der Waals surface area contributed by atoms with E-state index < -0.39 is 5.43 Å². The Morgan fingerprint density at radius 2 is 0.857 bits per heavy atom. The van der Waals surface area contributed by atoms with Gasteiger partial charge >= 0.3 is 5.43 Å². The van der Waals surface area contributed by atoms with Crippen LogP contribution in [0, 0.1) is 0 Å². The molecule has 168 valence electrons. The maximum absolute atomic E-state index is 11.1. The fourth-order valence-electron chi connectivity index (χ4n) is 3.94. The third-order valence-electron chi connectivity index (χ3n) is 5.77. The molecule has 3 heteroatoms. The number of rotatable bonds is 22. The minimum Gasteiger partial charge on any atom is -0.450 e. The molecule has 0 N–H and O–H groups in total. The molecule has 0 aromatic rings. The summed E-state index contributed by atoms with van der Waals surface area (Å²) in [5.41, 5.74) is -0.632. The zero-order chi connectivity index (χ0) is 20.7. The highest BCUT2D eigenvalue weighted by Crippen LogP contribution is 2.18. The van der Waals surface area contributed by atoms with Gasteiger partial charge in [-0.15, -0.1) is 0 Å². The summed E-state index contributed by atoms with van der Waals surface area (Å²) >= 11 is 5.47. The van der Waals surface area contributed by atoms with Gasteiger partial charge in [-0.3, -0.25) is 0 Å². The lowest BCUT2D eigenvalue weighted by Gasteiger charge is -2.16. The van der Waals surface area contributed by atoms with Crippen LogP contribution in [0.1, 0.15) is 149 Å². The minimum atomic E-state index is -0.632. The first-order chi connectivity index (χ1) is 13.7. The molecule has 1 atom stereocenters. The molecule has 0 spiro atoms. The first-order valence-corrected chi connectivity index (χ1v) is 12.9. The van der Waals surface area contributed by atoms with Gasteiger partial charge in [0, 0.05) is 11.6 Å². The van der Waals surface area contributed by atoms with Gasteiger partial charge in [-0.1, -0.05) is 123 Å². The topological polar surface area (TPSA) is 26.3 Å². The summed E-state index contributed by atoms with van der Waals surface area (Å²) in [6.45, 7) is 4.53. The average molecular weight is 417 g/mol. The second-order valence-corrected chi connectivity index (χ2v) is 8.87. The predicted molar refractivity (Wildman–Crippen MR) is 124 cm³/mol. The van der Waals surface area contributed by atoms with Crippen molar-refractivity contribution < 1.29 is 9.53 Å². The lowest BCUT2D eigenvalue weighted by atomic mass is 10.0. The second-order valence-electron chi connectivity index (χ2n) is 8.57. The van der Waals surface area contributed by atoms with E-state index >= 15 is 0 Å². The summed E-state index contributed by atoms with van der Waals surface area (Å²) in [7, 11) is 0. The second kappa shape index (κ2) is 23.0. The summed E-state index contributed by atoms with van der Waals surface area (Å²) in [5, 5.41) is 0. The molecule has 0 aliphatic heterocycles. The van der Waals surface area contributed by atoms with Crippen LogP contribution in [0.2, 0.25) is 0 Å². The van der Waals surface area contributed by atoms with Gasteiger partial charge < -0.3 is 4.74 Å². The normalized spacial score (nSPS) is 12.2. The highest BCUT2D eigenvalue weighted by molar-refractivity contribution is 6.61. The maximum Gasteiger partial charge on any atom is 0.404 e. The summed E-state index contributed by atoms with van der Waals surface area (Å²) in [5.74, 6) is 0. The Bertz CT molecular complexity index is 320. The zero-order valence-corrected chi connectivity index (χ0v) is 19.9. The molecule has 0 saturated carbocycles. The van der Waals surface area contributed by atoms with E-state index in [1.807, 2.05) is 0 Å². The van der Waals surface area contributed by atoms with Crippen molar-refractivity contribution in [3.05, 3.63) is 0 Å². The molecule has 0 rings (SSSR count). The first-order valence-electron chi connectivity index (χ1n) is 12.6. The van der Waals surface area contributed by atoms with E-state index in [2.05, 4.69) is 13.8 Å². The number of hydrogen-bond donors (Lipinski definition) is 0. The lowest BCUT2D eigenvalue weighted by Crippen LogP contribution is -2.14. The third-order valence-corrected chi connectivity index (χ3v) is 5.86. The highest BCUT2D eigenvalue weighted by Gasteiger charge is 2.12. The first kappa shape index (κ1) is 27.8. The smallest absolute Gasteiger partial charge is 0.404 e. The fraction of sp³-hybridized carbons (Fsp3) is 0.960. The Balaban J connectivity index is 3.55. The maximum atomic E-state index is 11.1. The van der Waals surface area contributed by atoms with Gasteiger partial charge in [0.1, 0.15) is 6.10 Å². The summed E-state index contributed by atoms with van der Waals surface area (Å²) in [6, 6.07) is 0. The van der Waals surface area contributed by atoms with E-state index in [1.54, 1.807) is 0 Å². The molecule has 0 aromatic carbocycles. The largest absolute Gasteiger partial charge is 0.450 e. The van der Waals surface area contributed by atoms with Crippen LogP contribution in [0.15, 0.2) is 0 Å². The van der Waals surface area contributed by atoms with Crippen molar-refractivity contribution in [1.82, 2.24) is 0 Å². The van der Waals surface area contributed by atoms with E-state index in [-0.39, 0.29) is 6.10 Å². The van der Waals surface area contributed by atoms with Crippen molar-refractivity contribution in [3.8, 4) is 0 Å². The molecule has 2 nitrogen and oxygen atoms in total. The van der Waals surface area contributed by atoms with Crippen LogP contribution >= 0.6 is 11.6 Å². The Morgan fingerprint density at radius 3 is 1.14 bits per heavy atom. The number of unbranched alkanes of at least 4 members (excludes halogenated alkanes) is 17. The van der Waals surface area contributed by atoms with Crippen molar-refractivity contribution in [2.24, 2.45) is 0 Å². The molecule has 0 bridgehead atoms. The van der Waals surface area contributed by atoms with Crippen molar-refractivity contribution >= 4 is 17.0 Å². The molecule has 1 unspecified atom stereocenters. The van der Waals surface area contributed by atoms with Gasteiger partial charge in [-0.05, 0) is 25.7 Å². The van der Waals surface area contributed by atoms with E-state index in [1.165, 1.54) is 109 Å². The standard InChI is InChI=1S/C25H49ClO2/c1-3-5-7-9-11-13-14-15-17-19-21-23-24(28-25(26)27)22-20-18-16-12-10-8-6-4-2/h24H,3-23H2,1-2H3. The Kier molecular flexibility index (Phi) is 22.8. The highest BCUT2D eigenvalue weighted by atomic mass is 35.5. The molecule has 0 aliphatic rings. The Morgan fingerprint density at radius 1 is 0.571 bits per heavy atom. The molecule has 0 aliphatic carbocycles. The quantitative estimate of drug-likeness (QED) is 0.129. The number of halogens is 1. The van der Waals surface area contributed by atoms with Crippen molar-refractivity contribution in [2.75, 3.05) is 0 Å². The van der Waals surface area contributed by atoms with E-state index in [4.69, 9.17) is 16.3 Å². The summed E-state index contributed by atoms with van der Waals surface area (Å²) in [6.07, 6.45) is 27.3. The molecular weight excluding hydrogens is 368 g/mol. The zero-order valence-electron chi connectivity index (χ0n) is 19.1. The van der Waals surface area contributed by atoms with Crippen LogP contribution in [0.25, 0.3) is 0 Å². The molecule has 0 aromatic heterocycles. The number of carbonyl (C=O) groups is 1. The van der Waals surface area contributed by atoms with Gasteiger partial charge in [0.25, 0.3) is 0 Å². The molecular formula is C25H49ClO2. The van der Waals surface area contributed by atoms with Crippen molar-refractivity contribution in [3.63, 3.8) is 0 Å². The van der Waals surface area contributed by atoms with Crippen LogP contribution in [0.5, 0.6) is 0 Å². The minimum absolute atomic E-state index is 0.0312. The van der Waals surface area contributed by atoms with Crippen molar-refractivity contribution in [1.29, 1.82) is 0 Å². The van der Waals surface area contributed by atoms with Crippen LogP contribution in [0.3, 0.4) is 0 Å².